The Hall–Kier alpha value is -3.32. The summed E-state index contributed by atoms with van der Waals surface area (Å²) in [5.41, 5.74) is 5.93. The van der Waals surface area contributed by atoms with Gasteiger partial charge >= 0.3 is 0 Å². The molecule has 0 unspecified atom stereocenters. The molecule has 0 atom stereocenters. The highest BCUT2D eigenvalue weighted by atomic mass is 32.2. The van der Waals surface area contributed by atoms with Crippen molar-refractivity contribution in [1.29, 1.82) is 0 Å². The van der Waals surface area contributed by atoms with E-state index in [4.69, 9.17) is 0 Å². The summed E-state index contributed by atoms with van der Waals surface area (Å²) in [7, 11) is -3.76. The first-order valence-electron chi connectivity index (χ1n) is 12.2. The second kappa shape index (κ2) is 9.38. The van der Waals surface area contributed by atoms with E-state index in [0.717, 1.165) is 37.2 Å². The molecule has 2 aliphatic rings. The zero-order valence-corrected chi connectivity index (χ0v) is 21.1. The number of para-hydroxylation sites is 1. The van der Waals surface area contributed by atoms with E-state index in [1.54, 1.807) is 18.2 Å². The maximum atomic E-state index is 13.6. The molecule has 182 valence electrons. The molecule has 35 heavy (non-hydrogen) atoms. The van der Waals surface area contributed by atoms with Crippen molar-refractivity contribution < 1.29 is 13.2 Å². The fourth-order valence-corrected chi connectivity index (χ4v) is 6.66. The molecule has 6 nitrogen and oxygen atoms in total. The van der Waals surface area contributed by atoms with Crippen molar-refractivity contribution in [2.75, 3.05) is 41.9 Å². The normalized spacial score (nSPS) is 16.2. The first-order chi connectivity index (χ1) is 16.9. The van der Waals surface area contributed by atoms with Gasteiger partial charge in [-0.3, -0.25) is 9.10 Å². The maximum Gasteiger partial charge on any atom is 0.264 e. The Balaban J connectivity index is 1.33. The van der Waals surface area contributed by atoms with Crippen LogP contribution >= 0.6 is 0 Å². The van der Waals surface area contributed by atoms with E-state index in [1.165, 1.54) is 27.2 Å². The molecule has 1 fully saturated rings. The van der Waals surface area contributed by atoms with Gasteiger partial charge in [-0.2, -0.15) is 0 Å². The minimum atomic E-state index is -3.76. The number of carbonyl (C=O) groups is 1. The topological polar surface area (TPSA) is 60.9 Å². The molecule has 3 aromatic carbocycles. The zero-order chi connectivity index (χ0) is 24.6. The molecule has 0 bridgehead atoms. The number of hydrogen-bond donors (Lipinski definition) is 0. The van der Waals surface area contributed by atoms with E-state index in [9.17, 15) is 13.2 Å². The van der Waals surface area contributed by atoms with E-state index >= 15 is 0 Å². The minimum absolute atomic E-state index is 0.123. The van der Waals surface area contributed by atoms with Crippen molar-refractivity contribution >= 4 is 27.3 Å². The van der Waals surface area contributed by atoms with E-state index in [2.05, 4.69) is 36.9 Å². The Labute approximate surface area is 207 Å². The van der Waals surface area contributed by atoms with Gasteiger partial charge in [0.05, 0.1) is 10.6 Å². The van der Waals surface area contributed by atoms with E-state index < -0.39 is 10.0 Å². The summed E-state index contributed by atoms with van der Waals surface area (Å²) in [5, 5.41) is 0. The average Bonchev–Trinajstić information content (AvgIpc) is 2.89. The Morgan fingerprint density at radius 3 is 2.31 bits per heavy atom. The minimum Gasteiger partial charge on any atom is -0.368 e. The lowest BCUT2D eigenvalue weighted by Crippen LogP contribution is -2.49. The molecule has 2 heterocycles. The van der Waals surface area contributed by atoms with Crippen molar-refractivity contribution in [2.24, 2.45) is 0 Å². The lowest BCUT2D eigenvalue weighted by Gasteiger charge is -2.37. The number of rotatable bonds is 4. The van der Waals surface area contributed by atoms with Crippen LogP contribution in [0.3, 0.4) is 0 Å². The van der Waals surface area contributed by atoms with Crippen molar-refractivity contribution in [3.63, 3.8) is 0 Å². The average molecular weight is 490 g/mol. The molecule has 3 aromatic rings. The quantitative estimate of drug-likeness (QED) is 0.545. The van der Waals surface area contributed by atoms with Gasteiger partial charge in [-0.1, -0.05) is 36.4 Å². The molecule has 1 saturated heterocycles. The number of carbonyl (C=O) groups excluding carboxylic acids is 1. The summed E-state index contributed by atoms with van der Waals surface area (Å²) in [4.78, 5) is 17.6. The molecule has 5 rings (SSSR count). The van der Waals surface area contributed by atoms with Crippen molar-refractivity contribution in [2.45, 2.75) is 31.6 Å². The largest absolute Gasteiger partial charge is 0.368 e. The Kier molecular flexibility index (Phi) is 6.28. The molecule has 0 spiro atoms. The van der Waals surface area contributed by atoms with Gasteiger partial charge in [0.2, 0.25) is 0 Å². The molecule has 0 radical (unpaired) electrons. The third-order valence-electron chi connectivity index (χ3n) is 7.22. The van der Waals surface area contributed by atoms with Gasteiger partial charge in [-0.25, -0.2) is 8.42 Å². The first kappa shape index (κ1) is 23.4. The first-order valence-corrected chi connectivity index (χ1v) is 13.6. The molecule has 0 N–H and O–H groups in total. The lowest BCUT2D eigenvalue weighted by atomic mass is 10.0. The molecule has 0 aromatic heterocycles. The van der Waals surface area contributed by atoms with E-state index in [0.29, 0.717) is 25.2 Å². The summed E-state index contributed by atoms with van der Waals surface area (Å²) in [5.74, 6) is -0.123. The molecule has 2 aliphatic heterocycles. The van der Waals surface area contributed by atoms with Crippen LogP contribution in [0.25, 0.3) is 0 Å². The molecule has 0 saturated carbocycles. The molecule has 0 aliphatic carbocycles. The van der Waals surface area contributed by atoms with Crippen molar-refractivity contribution in [3.05, 3.63) is 89.0 Å². The van der Waals surface area contributed by atoms with Crippen molar-refractivity contribution in [3.8, 4) is 0 Å². The highest BCUT2D eigenvalue weighted by Gasteiger charge is 2.30. The van der Waals surface area contributed by atoms with Gasteiger partial charge in [0.25, 0.3) is 15.9 Å². The molecular formula is C28H31N3O3S. The summed E-state index contributed by atoms with van der Waals surface area (Å²) >= 11 is 0. The van der Waals surface area contributed by atoms with Crippen LogP contribution < -0.4 is 9.21 Å². The van der Waals surface area contributed by atoms with Crippen LogP contribution in [-0.4, -0.2) is 51.9 Å². The fourth-order valence-electron chi connectivity index (χ4n) is 5.08. The Bertz CT molecular complexity index is 1360. The number of anilines is 2. The zero-order valence-electron chi connectivity index (χ0n) is 20.3. The number of fused-ring (bicyclic) bond motifs is 1. The summed E-state index contributed by atoms with van der Waals surface area (Å²) < 4.78 is 28.6. The van der Waals surface area contributed by atoms with Gasteiger partial charge < -0.3 is 9.80 Å². The molecule has 7 heteroatoms. The SMILES string of the molecule is Cc1cccc(N2CCN(C(=O)c3cccc(S(=O)(=O)N4CCCc5ccccc54)c3)CC2)c1C. The highest BCUT2D eigenvalue weighted by molar-refractivity contribution is 7.92. The summed E-state index contributed by atoms with van der Waals surface area (Å²) in [6, 6.07) is 20.5. The number of sulfonamides is 1. The predicted octanol–water partition coefficient (Wildman–Crippen LogP) is 4.41. The number of aryl methyl sites for hydroxylation is 2. The fraction of sp³-hybridized carbons (Fsp3) is 0.321. The monoisotopic (exact) mass is 489 g/mol. The third-order valence-corrected chi connectivity index (χ3v) is 9.03. The van der Waals surface area contributed by atoms with Gasteiger partial charge in [-0.05, 0) is 73.7 Å². The molecule has 1 amide bonds. The number of hydrogen-bond acceptors (Lipinski definition) is 4. The second-order valence-corrected chi connectivity index (χ2v) is 11.2. The number of piperazine rings is 1. The van der Waals surface area contributed by atoms with Gasteiger partial charge in [0, 0.05) is 44.0 Å². The summed E-state index contributed by atoms with van der Waals surface area (Å²) in [6.07, 6.45) is 1.65. The maximum absolute atomic E-state index is 13.6. The van der Waals surface area contributed by atoms with Crippen LogP contribution in [0.5, 0.6) is 0 Å². The smallest absolute Gasteiger partial charge is 0.264 e. The number of nitrogens with zero attached hydrogens (tertiary/aromatic N) is 3. The second-order valence-electron chi connectivity index (χ2n) is 9.34. The van der Waals surface area contributed by atoms with Crippen LogP contribution in [0, 0.1) is 13.8 Å². The van der Waals surface area contributed by atoms with E-state index in [-0.39, 0.29) is 10.8 Å². The number of amides is 1. The number of benzene rings is 3. The van der Waals surface area contributed by atoms with Gasteiger partial charge in [0.1, 0.15) is 0 Å². The predicted molar refractivity (Wildman–Crippen MR) is 140 cm³/mol. The molecular weight excluding hydrogens is 458 g/mol. The van der Waals surface area contributed by atoms with Gasteiger partial charge in [-0.15, -0.1) is 0 Å². The van der Waals surface area contributed by atoms with Crippen LogP contribution in [0.15, 0.2) is 71.6 Å². The van der Waals surface area contributed by atoms with Crippen LogP contribution in [-0.2, 0) is 16.4 Å². The summed E-state index contributed by atoms with van der Waals surface area (Å²) in [6.45, 7) is 7.39. The van der Waals surface area contributed by atoms with Gasteiger partial charge in [0.15, 0.2) is 0 Å². The third kappa shape index (κ3) is 4.41. The highest BCUT2D eigenvalue weighted by Crippen LogP contribution is 2.32. The Morgan fingerprint density at radius 1 is 0.800 bits per heavy atom. The lowest BCUT2D eigenvalue weighted by molar-refractivity contribution is 0.0746. The van der Waals surface area contributed by atoms with Crippen molar-refractivity contribution in [1.82, 2.24) is 4.90 Å². The van der Waals surface area contributed by atoms with Crippen LogP contribution in [0.1, 0.15) is 33.5 Å². The van der Waals surface area contributed by atoms with Crippen LogP contribution in [0.4, 0.5) is 11.4 Å². The van der Waals surface area contributed by atoms with E-state index in [1.807, 2.05) is 29.2 Å². The Morgan fingerprint density at radius 2 is 1.51 bits per heavy atom. The standard InChI is InChI=1S/C28H31N3O3S/c1-21-8-5-14-26(22(21)2)29-16-18-30(19-17-29)28(32)24-10-6-12-25(20-24)35(33,34)31-15-7-11-23-9-3-4-13-27(23)31/h3-6,8-10,12-14,20H,7,11,15-19H2,1-2H3. The van der Waals surface area contributed by atoms with Crippen LogP contribution in [0.2, 0.25) is 0 Å².